The zero-order valence-corrected chi connectivity index (χ0v) is 12.9. The van der Waals surface area contributed by atoms with Crippen molar-refractivity contribution in [3.63, 3.8) is 0 Å². The van der Waals surface area contributed by atoms with Crippen molar-refractivity contribution < 1.29 is 9.90 Å². The van der Waals surface area contributed by atoms with Crippen molar-refractivity contribution in [2.45, 2.75) is 37.2 Å². The second-order valence-electron chi connectivity index (χ2n) is 6.19. The largest absolute Gasteiger partial charge is 0.386 e. The quantitative estimate of drug-likeness (QED) is 0.866. The summed E-state index contributed by atoms with van der Waals surface area (Å²) in [5.74, 6) is 1.05. The number of β-amino-alcohol motifs (C(OH)–C–C–N with tert-alkyl or cyclic N) is 1. The molecular formula is C16H21NO2S. The van der Waals surface area contributed by atoms with E-state index < -0.39 is 5.60 Å². The molecule has 2 fully saturated rings. The van der Waals surface area contributed by atoms with Crippen LogP contribution >= 0.6 is 11.8 Å². The molecule has 3 nitrogen and oxygen atoms in total. The van der Waals surface area contributed by atoms with Gasteiger partial charge in [0.1, 0.15) is 5.60 Å². The van der Waals surface area contributed by atoms with Gasteiger partial charge in [-0.05, 0) is 44.2 Å². The Hall–Kier alpha value is -1.00. The lowest BCUT2D eigenvalue weighted by molar-refractivity contribution is -0.156. The molecule has 1 aromatic carbocycles. The number of likely N-dealkylation sites (tertiary alicyclic amines) is 1. The van der Waals surface area contributed by atoms with Crippen LogP contribution in [0.4, 0.5) is 0 Å². The van der Waals surface area contributed by atoms with Gasteiger partial charge in [-0.25, -0.2) is 0 Å². The Labute approximate surface area is 124 Å². The number of aryl methyl sites for hydroxylation is 2. The van der Waals surface area contributed by atoms with Crippen molar-refractivity contribution >= 4 is 17.7 Å². The summed E-state index contributed by atoms with van der Waals surface area (Å²) >= 11 is 1.60. The molecule has 1 saturated heterocycles. The predicted molar refractivity (Wildman–Crippen MR) is 80.9 cm³/mol. The van der Waals surface area contributed by atoms with Crippen molar-refractivity contribution in [1.82, 2.24) is 4.90 Å². The second-order valence-corrected chi connectivity index (χ2v) is 7.20. The average Bonchev–Trinajstić information content (AvgIpc) is 3.20. The summed E-state index contributed by atoms with van der Waals surface area (Å²) in [6, 6.07) is 6.31. The molecule has 1 saturated carbocycles. The third-order valence-electron chi connectivity index (χ3n) is 4.31. The molecular weight excluding hydrogens is 270 g/mol. The number of carbonyl (C=O) groups excluding carboxylic acids is 1. The fraction of sp³-hybridized carbons (Fsp3) is 0.562. The number of thioether (sulfide) groups is 1. The molecule has 1 amide bonds. The summed E-state index contributed by atoms with van der Waals surface area (Å²) in [6.07, 6.45) is 2.24. The first kappa shape index (κ1) is 14.0. The molecule has 1 N–H and O–H groups in total. The minimum absolute atomic E-state index is 0.140. The van der Waals surface area contributed by atoms with Crippen molar-refractivity contribution in [2.75, 3.05) is 18.8 Å². The van der Waals surface area contributed by atoms with Gasteiger partial charge in [0.15, 0.2) is 0 Å². The summed E-state index contributed by atoms with van der Waals surface area (Å²) in [5, 5.41) is 10.2. The fourth-order valence-corrected chi connectivity index (χ4v) is 3.79. The SMILES string of the molecule is Cc1ccc(C)c(SCC(=O)N2CC(O)(C3CC3)C2)c1. The number of rotatable bonds is 4. The van der Waals surface area contributed by atoms with Crippen LogP contribution in [0.25, 0.3) is 0 Å². The van der Waals surface area contributed by atoms with Crippen LogP contribution in [0.1, 0.15) is 24.0 Å². The molecule has 4 heteroatoms. The molecule has 1 aromatic rings. The lowest BCUT2D eigenvalue weighted by atomic mass is 9.89. The lowest BCUT2D eigenvalue weighted by Gasteiger charge is -2.47. The van der Waals surface area contributed by atoms with Gasteiger partial charge in [-0.15, -0.1) is 11.8 Å². The predicted octanol–water partition coefficient (Wildman–Crippen LogP) is 2.38. The van der Waals surface area contributed by atoms with E-state index in [-0.39, 0.29) is 5.91 Å². The van der Waals surface area contributed by atoms with E-state index >= 15 is 0 Å². The van der Waals surface area contributed by atoms with E-state index in [4.69, 9.17) is 0 Å². The van der Waals surface area contributed by atoms with Crippen LogP contribution in [-0.4, -0.2) is 40.4 Å². The number of hydrogen-bond donors (Lipinski definition) is 1. The molecule has 3 rings (SSSR count). The number of aliphatic hydroxyl groups is 1. The van der Waals surface area contributed by atoms with E-state index in [1.54, 1.807) is 16.7 Å². The van der Waals surface area contributed by atoms with Gasteiger partial charge in [-0.2, -0.15) is 0 Å². The van der Waals surface area contributed by atoms with Crippen LogP contribution in [0.5, 0.6) is 0 Å². The van der Waals surface area contributed by atoms with Gasteiger partial charge >= 0.3 is 0 Å². The molecule has 1 aliphatic carbocycles. The van der Waals surface area contributed by atoms with Gasteiger partial charge < -0.3 is 10.0 Å². The summed E-state index contributed by atoms with van der Waals surface area (Å²) in [5.41, 5.74) is 1.86. The third kappa shape index (κ3) is 2.72. The monoisotopic (exact) mass is 291 g/mol. The Kier molecular flexibility index (Phi) is 3.55. The number of carbonyl (C=O) groups is 1. The zero-order chi connectivity index (χ0) is 14.3. The molecule has 0 aromatic heterocycles. The Balaban J connectivity index is 1.51. The first-order valence-corrected chi connectivity index (χ1v) is 8.17. The van der Waals surface area contributed by atoms with Crippen LogP contribution in [0.3, 0.4) is 0 Å². The topological polar surface area (TPSA) is 40.5 Å². The molecule has 2 aliphatic rings. The lowest BCUT2D eigenvalue weighted by Crippen LogP contribution is -2.65. The van der Waals surface area contributed by atoms with E-state index in [2.05, 4.69) is 32.0 Å². The molecule has 1 heterocycles. The molecule has 20 heavy (non-hydrogen) atoms. The van der Waals surface area contributed by atoms with Gasteiger partial charge in [0.05, 0.1) is 18.8 Å². The fourth-order valence-electron chi connectivity index (χ4n) is 2.76. The maximum Gasteiger partial charge on any atom is 0.233 e. The summed E-state index contributed by atoms with van der Waals surface area (Å²) in [7, 11) is 0. The van der Waals surface area contributed by atoms with Crippen LogP contribution in [0.2, 0.25) is 0 Å². The third-order valence-corrected chi connectivity index (χ3v) is 5.46. The van der Waals surface area contributed by atoms with E-state index in [9.17, 15) is 9.90 Å². The van der Waals surface area contributed by atoms with Crippen LogP contribution in [0.15, 0.2) is 23.1 Å². The smallest absolute Gasteiger partial charge is 0.233 e. The molecule has 0 spiro atoms. The standard InChI is InChI=1S/C16H21NO2S/c1-11-3-4-12(2)14(7-11)20-8-15(18)17-9-16(19,10-17)13-5-6-13/h3-4,7,13,19H,5-6,8-10H2,1-2H3. The van der Waals surface area contributed by atoms with Gasteiger partial charge in [-0.1, -0.05) is 17.7 Å². The van der Waals surface area contributed by atoms with Gasteiger partial charge in [-0.3, -0.25) is 4.79 Å². The maximum absolute atomic E-state index is 12.1. The van der Waals surface area contributed by atoms with Gasteiger partial charge in [0, 0.05) is 4.90 Å². The highest BCUT2D eigenvalue weighted by Crippen LogP contribution is 2.44. The molecule has 1 aliphatic heterocycles. The normalized spacial score (nSPS) is 20.6. The highest BCUT2D eigenvalue weighted by molar-refractivity contribution is 8.00. The van der Waals surface area contributed by atoms with Crippen molar-refractivity contribution in [1.29, 1.82) is 0 Å². The van der Waals surface area contributed by atoms with E-state index in [0.717, 1.165) is 12.8 Å². The Morgan fingerprint density at radius 2 is 2.10 bits per heavy atom. The van der Waals surface area contributed by atoms with Crippen molar-refractivity contribution in [3.8, 4) is 0 Å². The molecule has 0 unspecified atom stereocenters. The van der Waals surface area contributed by atoms with Crippen LogP contribution in [0, 0.1) is 19.8 Å². The average molecular weight is 291 g/mol. The highest BCUT2D eigenvalue weighted by atomic mass is 32.2. The number of amides is 1. The summed E-state index contributed by atoms with van der Waals surface area (Å²) in [6.45, 7) is 5.20. The maximum atomic E-state index is 12.1. The van der Waals surface area contributed by atoms with E-state index in [1.165, 1.54) is 16.0 Å². The van der Waals surface area contributed by atoms with Crippen LogP contribution < -0.4 is 0 Å². The first-order valence-electron chi connectivity index (χ1n) is 7.18. The number of nitrogens with zero attached hydrogens (tertiary/aromatic N) is 1. The minimum Gasteiger partial charge on any atom is -0.386 e. The molecule has 0 bridgehead atoms. The second kappa shape index (κ2) is 5.08. The zero-order valence-electron chi connectivity index (χ0n) is 12.1. The van der Waals surface area contributed by atoms with Crippen LogP contribution in [-0.2, 0) is 4.79 Å². The first-order chi connectivity index (χ1) is 9.48. The number of hydrogen-bond acceptors (Lipinski definition) is 3. The van der Waals surface area contributed by atoms with Gasteiger partial charge in [0.25, 0.3) is 0 Å². The highest BCUT2D eigenvalue weighted by Gasteiger charge is 2.53. The molecule has 108 valence electrons. The Bertz CT molecular complexity index is 533. The van der Waals surface area contributed by atoms with Crippen molar-refractivity contribution in [3.05, 3.63) is 29.3 Å². The summed E-state index contributed by atoms with van der Waals surface area (Å²) < 4.78 is 0. The van der Waals surface area contributed by atoms with E-state index in [0.29, 0.717) is 24.8 Å². The minimum atomic E-state index is -0.570. The number of benzene rings is 1. The Morgan fingerprint density at radius 3 is 2.75 bits per heavy atom. The van der Waals surface area contributed by atoms with Crippen molar-refractivity contribution in [2.24, 2.45) is 5.92 Å². The van der Waals surface area contributed by atoms with E-state index in [1.807, 2.05) is 0 Å². The molecule has 0 atom stereocenters. The summed E-state index contributed by atoms with van der Waals surface area (Å²) in [4.78, 5) is 15.1. The molecule has 0 radical (unpaired) electrons. The van der Waals surface area contributed by atoms with Gasteiger partial charge in [0.2, 0.25) is 5.91 Å². The Morgan fingerprint density at radius 1 is 1.40 bits per heavy atom.